The Morgan fingerprint density at radius 3 is 2.58 bits per heavy atom. The summed E-state index contributed by atoms with van der Waals surface area (Å²) < 4.78 is 0. The van der Waals surface area contributed by atoms with E-state index in [-0.39, 0.29) is 0 Å². The summed E-state index contributed by atoms with van der Waals surface area (Å²) in [4.78, 5) is 6.81. The highest BCUT2D eigenvalue weighted by atomic mass is 35.5. The molecule has 1 aliphatic rings. The second kappa shape index (κ2) is 7.48. The molecule has 0 fully saturated rings. The van der Waals surface area contributed by atoms with Crippen LogP contribution in [0.4, 0.5) is 5.69 Å². The molecule has 0 N–H and O–H groups in total. The number of hydrogen-bond donors (Lipinski definition) is 0. The Kier molecular flexibility index (Phi) is 5.08. The first kappa shape index (κ1) is 17.7. The largest absolute Gasteiger partial charge is 0.366 e. The predicted octanol–water partition coefficient (Wildman–Crippen LogP) is 6.20. The van der Waals surface area contributed by atoms with Gasteiger partial charge in [0.15, 0.2) is 0 Å². The van der Waals surface area contributed by atoms with Gasteiger partial charge in [-0.2, -0.15) is 0 Å². The average molecular weight is 404 g/mol. The van der Waals surface area contributed by atoms with Crippen molar-refractivity contribution in [3.8, 4) is 0 Å². The lowest BCUT2D eigenvalue weighted by molar-refractivity contribution is 0.729. The van der Waals surface area contributed by atoms with Crippen LogP contribution in [0.2, 0.25) is 15.1 Å². The molecule has 0 saturated carbocycles. The van der Waals surface area contributed by atoms with Gasteiger partial charge in [-0.1, -0.05) is 46.9 Å². The lowest BCUT2D eigenvalue weighted by Crippen LogP contribution is -2.30. The zero-order chi connectivity index (χ0) is 18.1. The van der Waals surface area contributed by atoms with Crippen LogP contribution in [0.15, 0.2) is 54.9 Å². The van der Waals surface area contributed by atoms with Crippen molar-refractivity contribution in [2.75, 3.05) is 11.4 Å². The molecule has 1 aromatic heterocycles. The zero-order valence-corrected chi connectivity index (χ0v) is 16.3. The van der Waals surface area contributed by atoms with E-state index < -0.39 is 0 Å². The van der Waals surface area contributed by atoms with E-state index in [2.05, 4.69) is 28.1 Å². The molecule has 0 saturated heterocycles. The molecule has 0 atom stereocenters. The van der Waals surface area contributed by atoms with Crippen molar-refractivity contribution in [3.63, 3.8) is 0 Å². The molecule has 0 unspecified atom stereocenters. The summed E-state index contributed by atoms with van der Waals surface area (Å²) in [6.45, 7) is 1.84. The van der Waals surface area contributed by atoms with E-state index in [1.54, 1.807) is 0 Å². The van der Waals surface area contributed by atoms with Crippen molar-refractivity contribution < 1.29 is 0 Å². The van der Waals surface area contributed by atoms with Gasteiger partial charge in [0.2, 0.25) is 0 Å². The predicted molar refractivity (Wildman–Crippen MR) is 110 cm³/mol. The number of pyridine rings is 1. The van der Waals surface area contributed by atoms with Crippen LogP contribution in [0.25, 0.3) is 0 Å². The molecule has 0 amide bonds. The van der Waals surface area contributed by atoms with E-state index in [4.69, 9.17) is 34.8 Å². The number of rotatable bonds is 3. The molecule has 5 heteroatoms. The van der Waals surface area contributed by atoms with Gasteiger partial charge < -0.3 is 4.90 Å². The topological polar surface area (TPSA) is 16.1 Å². The van der Waals surface area contributed by atoms with Crippen molar-refractivity contribution in [3.05, 3.63) is 92.2 Å². The monoisotopic (exact) mass is 402 g/mol. The maximum atomic E-state index is 6.13. The van der Waals surface area contributed by atoms with Gasteiger partial charge in [0.05, 0.1) is 21.9 Å². The highest BCUT2D eigenvalue weighted by Gasteiger charge is 2.17. The molecule has 26 heavy (non-hydrogen) atoms. The molecule has 0 aliphatic carbocycles. The Hall–Kier alpha value is -1.74. The van der Waals surface area contributed by atoms with E-state index in [1.807, 2.05) is 36.7 Å². The molecule has 0 spiro atoms. The fraction of sp³-hybridized carbons (Fsp3) is 0.190. The van der Waals surface area contributed by atoms with E-state index in [0.717, 1.165) is 47.8 Å². The standard InChI is InChI=1S/C21H17Cl3N2/c22-18-3-2-17-13-26(6-5-16(17)10-18)19-8-15(11-25-12-19)7-14-1-4-20(23)21(24)9-14/h1-4,8-12H,5-7,13H2. The van der Waals surface area contributed by atoms with Gasteiger partial charge in [-0.15, -0.1) is 0 Å². The van der Waals surface area contributed by atoms with E-state index in [9.17, 15) is 0 Å². The van der Waals surface area contributed by atoms with Crippen molar-refractivity contribution in [2.45, 2.75) is 19.4 Å². The van der Waals surface area contributed by atoms with E-state index in [1.165, 1.54) is 11.1 Å². The van der Waals surface area contributed by atoms with Crippen LogP contribution in [0, 0.1) is 0 Å². The van der Waals surface area contributed by atoms with Gasteiger partial charge in [-0.3, -0.25) is 4.98 Å². The van der Waals surface area contributed by atoms with Gasteiger partial charge in [-0.05, 0) is 65.4 Å². The quantitative estimate of drug-likeness (QED) is 0.518. The number of benzene rings is 2. The average Bonchev–Trinajstić information content (AvgIpc) is 2.64. The zero-order valence-electron chi connectivity index (χ0n) is 14.1. The first-order valence-corrected chi connectivity index (χ1v) is 9.62. The number of hydrogen-bond acceptors (Lipinski definition) is 2. The molecule has 2 aromatic carbocycles. The maximum Gasteiger partial charge on any atom is 0.0595 e. The molecule has 0 bridgehead atoms. The Bertz CT molecular complexity index is 956. The summed E-state index contributed by atoms with van der Waals surface area (Å²) in [6, 6.07) is 14.1. The highest BCUT2D eigenvalue weighted by Crippen LogP contribution is 2.28. The Balaban J connectivity index is 1.54. The first-order valence-electron chi connectivity index (χ1n) is 8.48. The Morgan fingerprint density at radius 2 is 1.73 bits per heavy atom. The van der Waals surface area contributed by atoms with Crippen LogP contribution >= 0.6 is 34.8 Å². The van der Waals surface area contributed by atoms with Crippen LogP contribution in [0.3, 0.4) is 0 Å². The Morgan fingerprint density at radius 1 is 0.846 bits per heavy atom. The smallest absolute Gasteiger partial charge is 0.0595 e. The maximum absolute atomic E-state index is 6.13. The van der Waals surface area contributed by atoms with Crippen molar-refractivity contribution in [1.29, 1.82) is 0 Å². The van der Waals surface area contributed by atoms with Gasteiger partial charge in [0.25, 0.3) is 0 Å². The first-order chi connectivity index (χ1) is 12.6. The Labute approximate surface area is 168 Å². The summed E-state index contributed by atoms with van der Waals surface area (Å²) in [5.41, 5.74) is 6.09. The minimum Gasteiger partial charge on any atom is -0.366 e. The van der Waals surface area contributed by atoms with E-state index in [0.29, 0.717) is 10.0 Å². The van der Waals surface area contributed by atoms with Gasteiger partial charge in [0.1, 0.15) is 0 Å². The second-order valence-corrected chi connectivity index (χ2v) is 7.81. The SMILES string of the molecule is Clc1ccc2c(c1)CCN(c1cncc(Cc3ccc(Cl)c(Cl)c3)c1)C2. The number of aromatic nitrogens is 1. The van der Waals surface area contributed by atoms with E-state index >= 15 is 0 Å². The summed E-state index contributed by atoms with van der Waals surface area (Å²) in [5, 5.41) is 1.97. The third-order valence-electron chi connectivity index (χ3n) is 4.72. The van der Waals surface area contributed by atoms with Crippen LogP contribution in [-0.2, 0) is 19.4 Å². The minimum atomic E-state index is 0.578. The lowest BCUT2D eigenvalue weighted by atomic mass is 9.99. The van der Waals surface area contributed by atoms with Crippen LogP contribution in [0.5, 0.6) is 0 Å². The van der Waals surface area contributed by atoms with Gasteiger partial charge in [0, 0.05) is 24.3 Å². The third-order valence-corrected chi connectivity index (χ3v) is 5.69. The van der Waals surface area contributed by atoms with Crippen LogP contribution < -0.4 is 4.90 Å². The second-order valence-electron chi connectivity index (χ2n) is 6.56. The van der Waals surface area contributed by atoms with Gasteiger partial charge >= 0.3 is 0 Å². The fourth-order valence-electron chi connectivity index (χ4n) is 3.37. The third kappa shape index (κ3) is 3.83. The van der Waals surface area contributed by atoms with Crippen molar-refractivity contribution in [1.82, 2.24) is 4.98 Å². The normalized spacial score (nSPS) is 13.6. The summed E-state index contributed by atoms with van der Waals surface area (Å²) in [5.74, 6) is 0. The van der Waals surface area contributed by atoms with Gasteiger partial charge in [-0.25, -0.2) is 0 Å². The molecule has 4 rings (SSSR count). The molecule has 0 radical (unpaired) electrons. The van der Waals surface area contributed by atoms with Crippen LogP contribution in [-0.4, -0.2) is 11.5 Å². The fourth-order valence-corrected chi connectivity index (χ4v) is 3.89. The molecule has 1 aliphatic heterocycles. The molecular weight excluding hydrogens is 387 g/mol. The minimum absolute atomic E-state index is 0.578. The summed E-state index contributed by atoms with van der Waals surface area (Å²) in [7, 11) is 0. The number of nitrogens with zero attached hydrogens (tertiary/aromatic N) is 2. The van der Waals surface area contributed by atoms with Crippen molar-refractivity contribution in [2.24, 2.45) is 0 Å². The number of halogens is 3. The molecule has 2 heterocycles. The summed E-state index contributed by atoms with van der Waals surface area (Å²) >= 11 is 18.2. The molecule has 3 aromatic rings. The summed E-state index contributed by atoms with van der Waals surface area (Å²) in [6.07, 6.45) is 5.60. The highest BCUT2D eigenvalue weighted by molar-refractivity contribution is 6.42. The molecular formula is C21H17Cl3N2. The molecule has 132 valence electrons. The number of fused-ring (bicyclic) bond motifs is 1. The number of anilines is 1. The van der Waals surface area contributed by atoms with Crippen LogP contribution in [0.1, 0.15) is 22.3 Å². The molecule has 2 nitrogen and oxygen atoms in total. The van der Waals surface area contributed by atoms with Crippen molar-refractivity contribution >= 4 is 40.5 Å². The lowest BCUT2D eigenvalue weighted by Gasteiger charge is -2.30.